The predicted molar refractivity (Wildman–Crippen MR) is 117 cm³/mol. The maximum absolute atomic E-state index is 9.57. The molecule has 25 heavy (non-hydrogen) atoms. The lowest BCUT2D eigenvalue weighted by Crippen LogP contribution is -2.42. The van der Waals surface area contributed by atoms with Gasteiger partial charge in [0.1, 0.15) is 0 Å². The van der Waals surface area contributed by atoms with E-state index in [0.29, 0.717) is 12.5 Å². The number of likely N-dealkylation sites (tertiary alicyclic amines) is 1. The van der Waals surface area contributed by atoms with Crippen molar-refractivity contribution in [3.05, 3.63) is 35.4 Å². The minimum absolute atomic E-state index is 0. The van der Waals surface area contributed by atoms with Gasteiger partial charge in [-0.15, -0.1) is 24.0 Å². The standard InChI is InChI=1S/C18H28N4OS.HI/c19-18(22-9-11-24-12-10-22)20-13-15-1-3-16(4-2-15)14-21-7-5-17(23)6-8-21;/h1-4,17,23H,5-14H2,(H2,19,20);1H. The summed E-state index contributed by atoms with van der Waals surface area (Å²) in [5, 5.41) is 9.57. The highest BCUT2D eigenvalue weighted by atomic mass is 127. The third-order valence-electron chi connectivity index (χ3n) is 4.74. The maximum Gasteiger partial charge on any atom is 0.191 e. The highest BCUT2D eigenvalue weighted by Gasteiger charge is 2.16. The second-order valence-corrected chi connectivity index (χ2v) is 7.82. The Morgan fingerprint density at radius 1 is 1.08 bits per heavy atom. The third kappa shape index (κ3) is 6.62. The van der Waals surface area contributed by atoms with Crippen molar-refractivity contribution in [1.29, 1.82) is 0 Å². The molecule has 2 saturated heterocycles. The van der Waals surface area contributed by atoms with Crippen LogP contribution in [-0.4, -0.2) is 64.7 Å². The van der Waals surface area contributed by atoms with Crippen molar-refractivity contribution in [3.8, 4) is 0 Å². The first-order valence-electron chi connectivity index (χ1n) is 8.81. The molecule has 0 spiro atoms. The number of aliphatic imine (C=N–C) groups is 1. The second kappa shape index (κ2) is 10.6. The van der Waals surface area contributed by atoms with E-state index in [2.05, 4.69) is 39.1 Å². The van der Waals surface area contributed by atoms with Gasteiger partial charge in [-0.2, -0.15) is 11.8 Å². The largest absolute Gasteiger partial charge is 0.393 e. The lowest BCUT2D eigenvalue weighted by molar-refractivity contribution is 0.0792. The van der Waals surface area contributed by atoms with Gasteiger partial charge in [0.15, 0.2) is 5.96 Å². The van der Waals surface area contributed by atoms with Crippen LogP contribution in [0.3, 0.4) is 0 Å². The summed E-state index contributed by atoms with van der Waals surface area (Å²) in [6, 6.07) is 8.67. The SMILES string of the molecule is I.NC(=NCc1ccc(CN2CCC(O)CC2)cc1)N1CCSCC1. The fraction of sp³-hybridized carbons (Fsp3) is 0.611. The number of hydrogen-bond acceptors (Lipinski definition) is 4. The van der Waals surface area contributed by atoms with Crippen molar-refractivity contribution < 1.29 is 5.11 Å². The molecule has 140 valence electrons. The van der Waals surface area contributed by atoms with Gasteiger partial charge >= 0.3 is 0 Å². The number of aliphatic hydroxyl groups is 1. The van der Waals surface area contributed by atoms with Gasteiger partial charge in [-0.05, 0) is 24.0 Å². The first kappa shape index (κ1) is 20.8. The first-order chi connectivity index (χ1) is 11.7. The molecular formula is C18H29IN4OS. The molecule has 7 heteroatoms. The maximum atomic E-state index is 9.57. The Morgan fingerprint density at radius 2 is 1.68 bits per heavy atom. The Morgan fingerprint density at radius 3 is 2.32 bits per heavy atom. The Kier molecular flexibility index (Phi) is 8.81. The summed E-state index contributed by atoms with van der Waals surface area (Å²) < 4.78 is 0. The van der Waals surface area contributed by atoms with Crippen LogP contribution in [0.4, 0.5) is 0 Å². The summed E-state index contributed by atoms with van der Waals surface area (Å²) in [4.78, 5) is 9.13. The molecule has 5 nitrogen and oxygen atoms in total. The highest BCUT2D eigenvalue weighted by molar-refractivity contribution is 14.0. The molecule has 0 bridgehead atoms. The Bertz CT molecular complexity index is 541. The number of nitrogens with two attached hydrogens (primary N) is 1. The number of piperidine rings is 1. The summed E-state index contributed by atoms with van der Waals surface area (Å²) in [5.74, 6) is 2.95. The highest BCUT2D eigenvalue weighted by Crippen LogP contribution is 2.15. The Hall–Kier alpha value is -0.510. The molecule has 1 aromatic rings. The van der Waals surface area contributed by atoms with Crippen molar-refractivity contribution >= 4 is 41.7 Å². The van der Waals surface area contributed by atoms with E-state index in [-0.39, 0.29) is 30.1 Å². The average Bonchev–Trinajstić information content (AvgIpc) is 2.63. The number of halogens is 1. The van der Waals surface area contributed by atoms with Gasteiger partial charge in [0.25, 0.3) is 0 Å². The minimum atomic E-state index is -0.106. The normalized spacial score (nSPS) is 20.4. The van der Waals surface area contributed by atoms with E-state index in [1.807, 2.05) is 11.8 Å². The Labute approximate surface area is 172 Å². The molecular weight excluding hydrogens is 447 g/mol. The van der Waals surface area contributed by atoms with Gasteiger partial charge < -0.3 is 15.7 Å². The van der Waals surface area contributed by atoms with E-state index in [9.17, 15) is 5.11 Å². The van der Waals surface area contributed by atoms with Crippen LogP contribution in [0.2, 0.25) is 0 Å². The fourth-order valence-electron chi connectivity index (χ4n) is 3.15. The van der Waals surface area contributed by atoms with Crippen LogP contribution in [0.25, 0.3) is 0 Å². The van der Waals surface area contributed by atoms with E-state index in [1.54, 1.807) is 0 Å². The molecule has 0 amide bonds. The van der Waals surface area contributed by atoms with E-state index in [0.717, 1.165) is 57.1 Å². The molecule has 1 aromatic carbocycles. The van der Waals surface area contributed by atoms with Crippen LogP contribution < -0.4 is 5.73 Å². The van der Waals surface area contributed by atoms with Crippen molar-refractivity contribution in [2.24, 2.45) is 10.7 Å². The fourth-order valence-corrected chi connectivity index (χ4v) is 4.05. The van der Waals surface area contributed by atoms with E-state index in [4.69, 9.17) is 5.73 Å². The summed E-state index contributed by atoms with van der Waals surface area (Å²) in [7, 11) is 0. The molecule has 3 rings (SSSR count). The van der Waals surface area contributed by atoms with Crippen molar-refractivity contribution in [2.45, 2.75) is 32.0 Å². The summed E-state index contributed by atoms with van der Waals surface area (Å²) in [6.45, 7) is 5.58. The molecule has 3 N–H and O–H groups in total. The lowest BCUT2D eigenvalue weighted by atomic mass is 10.1. The van der Waals surface area contributed by atoms with Crippen LogP contribution in [-0.2, 0) is 13.1 Å². The smallest absolute Gasteiger partial charge is 0.191 e. The molecule has 0 aliphatic carbocycles. The van der Waals surface area contributed by atoms with Gasteiger partial charge in [0.05, 0.1) is 12.6 Å². The number of nitrogens with zero attached hydrogens (tertiary/aromatic N) is 3. The van der Waals surface area contributed by atoms with E-state index in [1.165, 1.54) is 11.1 Å². The van der Waals surface area contributed by atoms with Gasteiger partial charge in [-0.3, -0.25) is 4.90 Å². The number of guanidine groups is 1. The summed E-state index contributed by atoms with van der Waals surface area (Å²) in [5.41, 5.74) is 8.62. The van der Waals surface area contributed by atoms with Crippen LogP contribution in [0.15, 0.2) is 29.3 Å². The summed E-state index contributed by atoms with van der Waals surface area (Å²) in [6.07, 6.45) is 1.67. The Balaban J connectivity index is 0.00000225. The van der Waals surface area contributed by atoms with Crippen molar-refractivity contribution in [3.63, 3.8) is 0 Å². The third-order valence-corrected chi connectivity index (χ3v) is 5.69. The van der Waals surface area contributed by atoms with Gasteiger partial charge in [0.2, 0.25) is 0 Å². The number of benzene rings is 1. The molecule has 0 aromatic heterocycles. The molecule has 2 aliphatic rings. The zero-order valence-corrected chi connectivity index (χ0v) is 17.8. The number of hydrogen-bond donors (Lipinski definition) is 2. The van der Waals surface area contributed by atoms with Crippen LogP contribution >= 0.6 is 35.7 Å². The average molecular weight is 476 g/mol. The molecule has 2 fully saturated rings. The van der Waals surface area contributed by atoms with Gasteiger partial charge in [-0.1, -0.05) is 24.3 Å². The van der Waals surface area contributed by atoms with Crippen LogP contribution in [0.1, 0.15) is 24.0 Å². The zero-order valence-electron chi connectivity index (χ0n) is 14.6. The molecule has 0 atom stereocenters. The molecule has 2 heterocycles. The molecule has 2 aliphatic heterocycles. The van der Waals surface area contributed by atoms with Crippen LogP contribution in [0.5, 0.6) is 0 Å². The van der Waals surface area contributed by atoms with E-state index < -0.39 is 0 Å². The monoisotopic (exact) mass is 476 g/mol. The topological polar surface area (TPSA) is 65.1 Å². The number of thioether (sulfide) groups is 1. The van der Waals surface area contributed by atoms with Gasteiger partial charge in [-0.25, -0.2) is 4.99 Å². The number of rotatable bonds is 4. The molecule has 0 radical (unpaired) electrons. The van der Waals surface area contributed by atoms with Crippen molar-refractivity contribution in [1.82, 2.24) is 9.80 Å². The minimum Gasteiger partial charge on any atom is -0.393 e. The van der Waals surface area contributed by atoms with E-state index >= 15 is 0 Å². The molecule has 0 saturated carbocycles. The molecule has 0 unspecified atom stereocenters. The van der Waals surface area contributed by atoms with Gasteiger partial charge in [0, 0.05) is 44.2 Å². The lowest BCUT2D eigenvalue weighted by Gasteiger charge is -2.29. The first-order valence-corrected chi connectivity index (χ1v) is 9.97. The van der Waals surface area contributed by atoms with Crippen molar-refractivity contribution in [2.75, 3.05) is 37.7 Å². The predicted octanol–water partition coefficient (Wildman–Crippen LogP) is 2.12. The summed E-state index contributed by atoms with van der Waals surface area (Å²) >= 11 is 1.98. The van der Waals surface area contributed by atoms with Crippen LogP contribution in [0, 0.1) is 0 Å². The number of aliphatic hydroxyl groups excluding tert-OH is 1. The second-order valence-electron chi connectivity index (χ2n) is 6.60. The zero-order chi connectivity index (χ0) is 16.8. The quantitative estimate of drug-likeness (QED) is 0.396.